The molecule has 0 aromatic heterocycles. The molecule has 0 amide bonds. The van der Waals surface area contributed by atoms with Crippen LogP contribution in [-0.4, -0.2) is 43.5 Å². The Balaban J connectivity index is 4.14. The third-order valence-corrected chi connectivity index (χ3v) is 2.96. The zero-order valence-electron chi connectivity index (χ0n) is 10.7. The van der Waals surface area contributed by atoms with Crippen LogP contribution in [0, 0.1) is 5.92 Å². The van der Waals surface area contributed by atoms with Crippen LogP contribution in [0.4, 0.5) is 0 Å². The van der Waals surface area contributed by atoms with Crippen molar-refractivity contribution in [3.8, 4) is 0 Å². The topological polar surface area (TPSA) is 29.5 Å². The Bertz CT molecular complexity index is 182. The third-order valence-electron chi connectivity index (χ3n) is 2.96. The molecule has 0 fully saturated rings. The quantitative estimate of drug-likeness (QED) is 0.620. The average Bonchev–Trinajstić information content (AvgIpc) is 2.24. The standard InChI is InChI=1S/C12H25NO2/c1-6-10(3)12(14)8-13(7-2)11(4)9-15-5/h10-11H,6-9H2,1-5H3. The summed E-state index contributed by atoms with van der Waals surface area (Å²) in [5.41, 5.74) is 0. The molecule has 0 aromatic carbocycles. The second kappa shape index (κ2) is 7.83. The Morgan fingerprint density at radius 2 is 1.93 bits per heavy atom. The van der Waals surface area contributed by atoms with Crippen LogP contribution in [0.25, 0.3) is 0 Å². The molecule has 0 aromatic rings. The molecule has 0 saturated heterocycles. The Morgan fingerprint density at radius 1 is 1.33 bits per heavy atom. The van der Waals surface area contributed by atoms with Crippen LogP contribution in [0.5, 0.6) is 0 Å². The van der Waals surface area contributed by atoms with Gasteiger partial charge in [0.2, 0.25) is 0 Å². The number of nitrogens with zero attached hydrogens (tertiary/aromatic N) is 1. The number of carbonyl (C=O) groups excluding carboxylic acids is 1. The summed E-state index contributed by atoms with van der Waals surface area (Å²) in [5, 5.41) is 0. The minimum Gasteiger partial charge on any atom is -0.383 e. The van der Waals surface area contributed by atoms with Gasteiger partial charge in [0.05, 0.1) is 13.2 Å². The highest BCUT2D eigenvalue weighted by molar-refractivity contribution is 5.82. The van der Waals surface area contributed by atoms with Gasteiger partial charge >= 0.3 is 0 Å². The maximum Gasteiger partial charge on any atom is 0.149 e. The van der Waals surface area contributed by atoms with Crippen molar-refractivity contribution in [3.63, 3.8) is 0 Å². The van der Waals surface area contributed by atoms with E-state index in [2.05, 4.69) is 25.7 Å². The van der Waals surface area contributed by atoms with E-state index in [9.17, 15) is 4.79 Å². The van der Waals surface area contributed by atoms with Crippen LogP contribution in [0.15, 0.2) is 0 Å². The number of carbonyl (C=O) groups is 1. The minimum atomic E-state index is 0.175. The molecule has 0 bridgehead atoms. The van der Waals surface area contributed by atoms with Crippen molar-refractivity contribution in [2.75, 3.05) is 26.8 Å². The number of methoxy groups -OCH3 is 1. The molecule has 0 N–H and O–H groups in total. The lowest BCUT2D eigenvalue weighted by Crippen LogP contribution is -2.40. The van der Waals surface area contributed by atoms with Gasteiger partial charge in [-0.05, 0) is 19.9 Å². The number of hydrogen-bond donors (Lipinski definition) is 0. The maximum absolute atomic E-state index is 11.8. The van der Waals surface area contributed by atoms with Crippen LogP contribution in [0.1, 0.15) is 34.1 Å². The van der Waals surface area contributed by atoms with E-state index in [-0.39, 0.29) is 5.92 Å². The molecule has 0 radical (unpaired) electrons. The lowest BCUT2D eigenvalue weighted by atomic mass is 10.0. The smallest absolute Gasteiger partial charge is 0.149 e. The zero-order valence-corrected chi connectivity index (χ0v) is 10.7. The molecule has 90 valence electrons. The van der Waals surface area contributed by atoms with Gasteiger partial charge in [-0.15, -0.1) is 0 Å². The number of likely N-dealkylation sites (N-methyl/N-ethyl adjacent to an activating group) is 1. The summed E-state index contributed by atoms with van der Waals surface area (Å²) in [5.74, 6) is 0.510. The largest absolute Gasteiger partial charge is 0.383 e. The summed E-state index contributed by atoms with van der Waals surface area (Å²) >= 11 is 0. The number of rotatable bonds is 8. The molecule has 2 atom stereocenters. The summed E-state index contributed by atoms with van der Waals surface area (Å²) in [6, 6.07) is 0.313. The molecule has 0 heterocycles. The highest BCUT2D eigenvalue weighted by Crippen LogP contribution is 2.06. The molecule has 0 aliphatic heterocycles. The Hall–Kier alpha value is -0.410. The van der Waals surface area contributed by atoms with Gasteiger partial charge < -0.3 is 4.74 Å². The number of Topliss-reactive ketones (excluding diaryl/α,β-unsaturated/α-hetero) is 1. The van der Waals surface area contributed by atoms with E-state index in [0.29, 0.717) is 25.0 Å². The van der Waals surface area contributed by atoms with E-state index in [1.54, 1.807) is 7.11 Å². The average molecular weight is 215 g/mol. The highest BCUT2D eigenvalue weighted by atomic mass is 16.5. The van der Waals surface area contributed by atoms with Gasteiger partial charge in [-0.1, -0.05) is 20.8 Å². The molecule has 0 aliphatic carbocycles. The molecular weight excluding hydrogens is 190 g/mol. The van der Waals surface area contributed by atoms with Crippen molar-refractivity contribution in [1.82, 2.24) is 4.90 Å². The lowest BCUT2D eigenvalue weighted by Gasteiger charge is -2.27. The van der Waals surface area contributed by atoms with E-state index in [4.69, 9.17) is 4.74 Å². The summed E-state index contributed by atoms with van der Waals surface area (Å²) < 4.78 is 5.10. The first-order valence-electron chi connectivity index (χ1n) is 5.82. The fourth-order valence-corrected chi connectivity index (χ4v) is 1.51. The second-order valence-corrected chi connectivity index (χ2v) is 4.14. The number of hydrogen-bond acceptors (Lipinski definition) is 3. The normalized spacial score (nSPS) is 15.3. The maximum atomic E-state index is 11.8. The zero-order chi connectivity index (χ0) is 11.8. The molecule has 2 unspecified atom stereocenters. The van der Waals surface area contributed by atoms with Crippen LogP contribution in [0.2, 0.25) is 0 Å². The summed E-state index contributed by atoms with van der Waals surface area (Å²) in [6.45, 7) is 10.4. The van der Waals surface area contributed by atoms with Crippen LogP contribution < -0.4 is 0 Å². The molecule has 0 saturated carbocycles. The monoisotopic (exact) mass is 215 g/mol. The van der Waals surface area contributed by atoms with Gasteiger partial charge in [0, 0.05) is 19.1 Å². The number of ketones is 1. The molecule has 3 nitrogen and oxygen atoms in total. The van der Waals surface area contributed by atoms with Crippen molar-refractivity contribution < 1.29 is 9.53 Å². The first-order chi connectivity index (χ1) is 7.06. The SMILES string of the molecule is CCC(C)C(=O)CN(CC)C(C)COC. The van der Waals surface area contributed by atoms with Crippen molar-refractivity contribution in [3.05, 3.63) is 0 Å². The molecule has 15 heavy (non-hydrogen) atoms. The minimum absolute atomic E-state index is 0.175. The molecule has 0 spiro atoms. The summed E-state index contributed by atoms with van der Waals surface area (Å²) in [6.07, 6.45) is 0.926. The van der Waals surface area contributed by atoms with Gasteiger partial charge in [-0.3, -0.25) is 9.69 Å². The first-order valence-corrected chi connectivity index (χ1v) is 5.82. The van der Waals surface area contributed by atoms with Gasteiger partial charge in [-0.2, -0.15) is 0 Å². The van der Waals surface area contributed by atoms with E-state index in [1.165, 1.54) is 0 Å². The van der Waals surface area contributed by atoms with Crippen molar-refractivity contribution in [2.24, 2.45) is 5.92 Å². The van der Waals surface area contributed by atoms with E-state index in [0.717, 1.165) is 13.0 Å². The highest BCUT2D eigenvalue weighted by Gasteiger charge is 2.18. The van der Waals surface area contributed by atoms with Crippen LogP contribution in [0.3, 0.4) is 0 Å². The predicted octanol–water partition coefficient (Wildman–Crippen LogP) is 1.96. The van der Waals surface area contributed by atoms with Crippen molar-refractivity contribution in [1.29, 1.82) is 0 Å². The summed E-state index contributed by atoms with van der Waals surface area (Å²) in [7, 11) is 1.70. The Morgan fingerprint density at radius 3 is 2.33 bits per heavy atom. The second-order valence-electron chi connectivity index (χ2n) is 4.14. The van der Waals surface area contributed by atoms with Crippen molar-refractivity contribution >= 4 is 5.78 Å². The van der Waals surface area contributed by atoms with E-state index in [1.807, 2.05) is 6.92 Å². The van der Waals surface area contributed by atoms with E-state index < -0.39 is 0 Å². The van der Waals surface area contributed by atoms with Gasteiger partial charge in [-0.25, -0.2) is 0 Å². The molecule has 0 rings (SSSR count). The fraction of sp³-hybridized carbons (Fsp3) is 0.917. The number of ether oxygens (including phenoxy) is 1. The Labute approximate surface area is 93.8 Å². The fourth-order valence-electron chi connectivity index (χ4n) is 1.51. The first kappa shape index (κ1) is 14.6. The molecular formula is C12H25NO2. The molecule has 3 heteroatoms. The molecule has 0 aliphatic rings. The van der Waals surface area contributed by atoms with Gasteiger partial charge in [0.25, 0.3) is 0 Å². The Kier molecular flexibility index (Phi) is 7.61. The third kappa shape index (κ3) is 5.28. The van der Waals surface area contributed by atoms with E-state index >= 15 is 0 Å². The van der Waals surface area contributed by atoms with Crippen LogP contribution in [-0.2, 0) is 9.53 Å². The van der Waals surface area contributed by atoms with Crippen LogP contribution >= 0.6 is 0 Å². The summed E-state index contributed by atoms with van der Waals surface area (Å²) in [4.78, 5) is 13.9. The van der Waals surface area contributed by atoms with Crippen molar-refractivity contribution in [2.45, 2.75) is 40.2 Å². The predicted molar refractivity (Wildman–Crippen MR) is 63.0 cm³/mol. The van der Waals surface area contributed by atoms with Gasteiger partial charge in [0.1, 0.15) is 5.78 Å². The lowest BCUT2D eigenvalue weighted by molar-refractivity contribution is -0.124. The van der Waals surface area contributed by atoms with Gasteiger partial charge in [0.15, 0.2) is 0 Å².